The first kappa shape index (κ1) is 21.2. The normalized spacial score (nSPS) is 11.9. The van der Waals surface area contributed by atoms with Gasteiger partial charge in [-0.25, -0.2) is 4.79 Å². The van der Waals surface area contributed by atoms with Crippen LogP contribution in [0.3, 0.4) is 0 Å². The first-order valence-corrected chi connectivity index (χ1v) is 9.45. The number of esters is 1. The Morgan fingerprint density at radius 2 is 1.88 bits per heavy atom. The average Bonchev–Trinajstić information content (AvgIpc) is 2.57. The van der Waals surface area contributed by atoms with E-state index in [0.29, 0.717) is 23.2 Å². The zero-order valence-corrected chi connectivity index (χ0v) is 15.5. The summed E-state index contributed by atoms with van der Waals surface area (Å²) >= 11 is 1.13. The van der Waals surface area contributed by atoms with Gasteiger partial charge in [-0.1, -0.05) is 33.1 Å². The Balaban J connectivity index is 2.48. The molecule has 3 N–H and O–H groups in total. The smallest absolute Gasteiger partial charge is 0.336 e. The number of ether oxygens (including phenoxy) is 1. The van der Waals surface area contributed by atoms with Crippen LogP contribution in [0.15, 0.2) is 17.0 Å². The van der Waals surface area contributed by atoms with Crippen molar-refractivity contribution in [1.82, 2.24) is 0 Å². The van der Waals surface area contributed by atoms with Crippen LogP contribution in [0.4, 0.5) is 0 Å². The number of phenols is 2. The minimum Gasteiger partial charge on any atom is -0.504 e. The number of phenolic OH excluding ortho intramolecular Hbond substituents is 2. The van der Waals surface area contributed by atoms with E-state index in [1.165, 1.54) is 6.07 Å². The van der Waals surface area contributed by atoms with Crippen molar-refractivity contribution >= 4 is 23.7 Å². The molecular formula is C18H26O6S. The Morgan fingerprint density at radius 3 is 2.48 bits per heavy atom. The first-order chi connectivity index (χ1) is 11.9. The van der Waals surface area contributed by atoms with Crippen LogP contribution >= 0.6 is 11.8 Å². The fourth-order valence-corrected chi connectivity index (χ4v) is 3.25. The van der Waals surface area contributed by atoms with Crippen LogP contribution in [0.25, 0.3) is 0 Å². The number of rotatable bonds is 11. The van der Waals surface area contributed by atoms with Gasteiger partial charge in [0.1, 0.15) is 0 Å². The summed E-state index contributed by atoms with van der Waals surface area (Å²) in [6, 6.07) is 2.19. The third-order valence-electron chi connectivity index (χ3n) is 3.89. The van der Waals surface area contributed by atoms with Crippen molar-refractivity contribution in [3.05, 3.63) is 17.7 Å². The molecular weight excluding hydrogens is 344 g/mol. The summed E-state index contributed by atoms with van der Waals surface area (Å²) in [5.74, 6) is -1.70. The average molecular weight is 370 g/mol. The molecule has 0 spiro atoms. The number of benzene rings is 1. The molecule has 1 rings (SSSR count). The first-order valence-electron chi connectivity index (χ1n) is 8.46. The molecule has 6 nitrogen and oxygen atoms in total. The molecule has 1 aromatic rings. The highest BCUT2D eigenvalue weighted by Crippen LogP contribution is 2.34. The highest BCUT2D eigenvalue weighted by molar-refractivity contribution is 7.99. The van der Waals surface area contributed by atoms with E-state index in [1.807, 2.05) is 0 Å². The molecule has 0 fully saturated rings. The van der Waals surface area contributed by atoms with Crippen molar-refractivity contribution in [2.24, 2.45) is 5.92 Å². The molecule has 0 radical (unpaired) electrons. The second-order valence-electron chi connectivity index (χ2n) is 5.84. The van der Waals surface area contributed by atoms with Crippen molar-refractivity contribution in [2.45, 2.75) is 50.8 Å². The van der Waals surface area contributed by atoms with Crippen LogP contribution < -0.4 is 0 Å². The van der Waals surface area contributed by atoms with Crippen molar-refractivity contribution in [3.8, 4) is 11.5 Å². The summed E-state index contributed by atoms with van der Waals surface area (Å²) in [4.78, 5) is 23.3. The lowest BCUT2D eigenvalue weighted by atomic mass is 10.0. The van der Waals surface area contributed by atoms with E-state index < -0.39 is 17.5 Å². The van der Waals surface area contributed by atoms with Gasteiger partial charge in [0.25, 0.3) is 0 Å². The van der Waals surface area contributed by atoms with Gasteiger partial charge in [0.05, 0.1) is 18.6 Å². The molecule has 0 aliphatic heterocycles. The topological polar surface area (TPSA) is 104 Å². The zero-order chi connectivity index (χ0) is 18.8. The number of carbonyl (C=O) groups is 2. The largest absolute Gasteiger partial charge is 0.504 e. The summed E-state index contributed by atoms with van der Waals surface area (Å²) < 4.78 is 5.29. The lowest BCUT2D eigenvalue weighted by Gasteiger charge is -2.14. The summed E-state index contributed by atoms with van der Waals surface area (Å²) in [5.41, 5.74) is -0.112. The van der Waals surface area contributed by atoms with Gasteiger partial charge in [0.2, 0.25) is 0 Å². The van der Waals surface area contributed by atoms with Crippen molar-refractivity contribution in [2.75, 3.05) is 12.4 Å². The predicted molar refractivity (Wildman–Crippen MR) is 96.3 cm³/mol. The van der Waals surface area contributed by atoms with Gasteiger partial charge in [0, 0.05) is 10.6 Å². The van der Waals surface area contributed by atoms with Gasteiger partial charge in [0.15, 0.2) is 11.5 Å². The number of unbranched alkanes of at least 4 members (excludes halogenated alkanes) is 1. The number of aromatic hydroxyl groups is 2. The van der Waals surface area contributed by atoms with E-state index in [-0.39, 0.29) is 18.0 Å². The number of hydrogen-bond acceptors (Lipinski definition) is 6. The summed E-state index contributed by atoms with van der Waals surface area (Å²) in [7, 11) is 0. The molecule has 0 aliphatic rings. The van der Waals surface area contributed by atoms with Crippen LogP contribution in [-0.2, 0) is 9.53 Å². The van der Waals surface area contributed by atoms with Crippen LogP contribution in [0.1, 0.15) is 56.3 Å². The van der Waals surface area contributed by atoms with Crippen LogP contribution in [0.5, 0.6) is 11.5 Å². The van der Waals surface area contributed by atoms with Crippen LogP contribution in [0, 0.1) is 5.92 Å². The molecule has 140 valence electrons. The van der Waals surface area contributed by atoms with Gasteiger partial charge in [-0.15, -0.1) is 11.8 Å². The molecule has 25 heavy (non-hydrogen) atoms. The maximum absolute atomic E-state index is 11.8. The molecule has 0 amide bonds. The predicted octanol–water partition coefficient (Wildman–Crippen LogP) is 4.04. The van der Waals surface area contributed by atoms with E-state index >= 15 is 0 Å². The SMILES string of the molecule is CCCCC(CC)COC(=O)CCSc1cc(O)c(O)cc1C(=O)O. The van der Waals surface area contributed by atoms with Crippen molar-refractivity contribution in [3.63, 3.8) is 0 Å². The fourth-order valence-electron chi connectivity index (χ4n) is 2.27. The number of hydrogen-bond donors (Lipinski definition) is 3. The van der Waals surface area contributed by atoms with Crippen LogP contribution in [-0.4, -0.2) is 39.6 Å². The van der Waals surface area contributed by atoms with E-state index in [1.54, 1.807) is 0 Å². The zero-order valence-electron chi connectivity index (χ0n) is 14.7. The maximum atomic E-state index is 11.8. The molecule has 7 heteroatoms. The van der Waals surface area contributed by atoms with Gasteiger partial charge in [-0.2, -0.15) is 0 Å². The van der Waals surface area contributed by atoms with E-state index in [0.717, 1.165) is 43.5 Å². The molecule has 1 unspecified atom stereocenters. The monoisotopic (exact) mass is 370 g/mol. The number of thioether (sulfide) groups is 1. The Hall–Kier alpha value is -1.89. The number of carbonyl (C=O) groups excluding carboxylic acids is 1. The standard InChI is InChI=1S/C18H26O6S/c1-3-5-6-12(4-2)11-24-17(21)7-8-25-16-10-15(20)14(19)9-13(16)18(22)23/h9-10,12,19-20H,3-8,11H2,1-2H3,(H,22,23). The Bertz CT molecular complexity index is 587. The van der Waals surface area contributed by atoms with E-state index in [4.69, 9.17) is 9.84 Å². The molecule has 1 aromatic carbocycles. The minimum absolute atomic E-state index is 0.112. The number of carboxylic acid groups (broad SMARTS) is 1. The van der Waals surface area contributed by atoms with E-state index in [9.17, 15) is 19.8 Å². The Labute approximate surface area is 152 Å². The lowest BCUT2D eigenvalue weighted by Crippen LogP contribution is -2.14. The van der Waals surface area contributed by atoms with E-state index in [2.05, 4.69) is 13.8 Å². The van der Waals surface area contributed by atoms with Crippen molar-refractivity contribution in [1.29, 1.82) is 0 Å². The highest BCUT2D eigenvalue weighted by atomic mass is 32.2. The fraction of sp³-hybridized carbons (Fsp3) is 0.556. The molecule has 0 aliphatic carbocycles. The van der Waals surface area contributed by atoms with Crippen molar-refractivity contribution < 1.29 is 29.6 Å². The lowest BCUT2D eigenvalue weighted by molar-refractivity contribution is -0.144. The second-order valence-corrected chi connectivity index (χ2v) is 6.98. The van der Waals surface area contributed by atoms with Gasteiger partial charge < -0.3 is 20.1 Å². The summed E-state index contributed by atoms with van der Waals surface area (Å²) in [5, 5.41) is 28.0. The van der Waals surface area contributed by atoms with Gasteiger partial charge in [-0.3, -0.25) is 4.79 Å². The Kier molecular flexibility index (Phi) is 9.20. The summed E-state index contributed by atoms with van der Waals surface area (Å²) in [6.07, 6.45) is 4.40. The minimum atomic E-state index is -1.21. The Morgan fingerprint density at radius 1 is 1.20 bits per heavy atom. The molecule has 1 atom stereocenters. The number of carboxylic acids is 1. The molecule has 0 bridgehead atoms. The maximum Gasteiger partial charge on any atom is 0.336 e. The molecule has 0 aromatic heterocycles. The van der Waals surface area contributed by atoms with Gasteiger partial charge in [-0.05, 0) is 24.5 Å². The third kappa shape index (κ3) is 7.25. The quantitative estimate of drug-likeness (QED) is 0.307. The number of aromatic carboxylic acids is 1. The van der Waals surface area contributed by atoms with Gasteiger partial charge >= 0.3 is 11.9 Å². The molecule has 0 heterocycles. The molecule has 0 saturated carbocycles. The third-order valence-corrected chi connectivity index (χ3v) is 4.95. The second kappa shape index (κ2) is 10.9. The highest BCUT2D eigenvalue weighted by Gasteiger charge is 2.16. The summed E-state index contributed by atoms with van der Waals surface area (Å²) in [6.45, 7) is 4.62. The van der Waals surface area contributed by atoms with Crippen LogP contribution in [0.2, 0.25) is 0 Å². The molecule has 0 saturated heterocycles.